The van der Waals surface area contributed by atoms with Crippen LogP contribution < -0.4 is 5.32 Å². The number of fused-ring (bicyclic) bond motifs is 1. The lowest BCUT2D eigenvalue weighted by Gasteiger charge is -2.20. The van der Waals surface area contributed by atoms with Gasteiger partial charge in [-0.2, -0.15) is 5.26 Å². The predicted octanol–water partition coefficient (Wildman–Crippen LogP) is 4.56. The van der Waals surface area contributed by atoms with Crippen molar-refractivity contribution in [2.24, 2.45) is 13.0 Å². The van der Waals surface area contributed by atoms with Crippen molar-refractivity contribution in [1.82, 2.24) is 14.8 Å². The summed E-state index contributed by atoms with van der Waals surface area (Å²) in [6.45, 7) is 4.08. The lowest BCUT2D eigenvalue weighted by molar-refractivity contribution is -0.113. The Hall–Kier alpha value is -2.57. The number of hydrogen-bond donors (Lipinski definition) is 1. The molecule has 1 N–H and O–H groups in total. The summed E-state index contributed by atoms with van der Waals surface area (Å²) in [6, 6.07) is 4.16. The lowest BCUT2D eigenvalue weighted by atomic mass is 9.86. The van der Waals surface area contributed by atoms with Crippen LogP contribution in [-0.4, -0.2) is 26.4 Å². The van der Waals surface area contributed by atoms with Gasteiger partial charge in [0.1, 0.15) is 16.8 Å². The number of nitrogens with zero attached hydrogens (tertiary/aromatic N) is 4. The molecule has 156 valence electrons. The maximum atomic E-state index is 12.6. The molecule has 0 aliphatic heterocycles. The average Bonchev–Trinajstić information content (AvgIpc) is 3.42. The fraction of sp³-hybridized carbons (Fsp3) is 0.429. The van der Waals surface area contributed by atoms with Crippen molar-refractivity contribution in [3.05, 3.63) is 34.1 Å². The van der Waals surface area contributed by atoms with E-state index < -0.39 is 0 Å². The van der Waals surface area contributed by atoms with Gasteiger partial charge < -0.3 is 14.3 Å². The van der Waals surface area contributed by atoms with Crippen molar-refractivity contribution in [3.8, 4) is 17.5 Å². The molecule has 3 aromatic rings. The van der Waals surface area contributed by atoms with E-state index in [1.807, 2.05) is 24.6 Å². The van der Waals surface area contributed by atoms with Gasteiger partial charge in [-0.25, -0.2) is 0 Å². The van der Waals surface area contributed by atoms with Gasteiger partial charge in [-0.3, -0.25) is 4.79 Å². The standard InChI is InChI=1S/C21H23N5O2S2/c1-4-13-5-6-15-16(10-22)20(30-17(15)9-13)23-18(27)11-29-21-25-24-19(26(21)3)14-7-8-28-12(14)2/h7-8,13H,4-6,9,11H2,1-3H3,(H,23,27). The second-order valence-electron chi connectivity index (χ2n) is 7.43. The Bertz CT molecular complexity index is 1120. The largest absolute Gasteiger partial charge is 0.469 e. The molecule has 7 nitrogen and oxygen atoms in total. The molecule has 0 radical (unpaired) electrons. The van der Waals surface area contributed by atoms with E-state index in [1.54, 1.807) is 17.6 Å². The molecular formula is C21H23N5O2S2. The minimum absolute atomic E-state index is 0.147. The van der Waals surface area contributed by atoms with Crippen LogP contribution in [0, 0.1) is 24.2 Å². The molecule has 0 saturated carbocycles. The van der Waals surface area contributed by atoms with Crippen molar-refractivity contribution >= 4 is 34.0 Å². The van der Waals surface area contributed by atoms with E-state index in [1.165, 1.54) is 16.6 Å². The van der Waals surface area contributed by atoms with E-state index in [2.05, 4.69) is 28.5 Å². The van der Waals surface area contributed by atoms with Crippen LogP contribution in [0.25, 0.3) is 11.4 Å². The summed E-state index contributed by atoms with van der Waals surface area (Å²) >= 11 is 2.87. The molecule has 1 unspecified atom stereocenters. The zero-order chi connectivity index (χ0) is 21.3. The highest BCUT2D eigenvalue weighted by Gasteiger charge is 2.26. The second-order valence-corrected chi connectivity index (χ2v) is 9.48. The molecule has 30 heavy (non-hydrogen) atoms. The van der Waals surface area contributed by atoms with E-state index in [-0.39, 0.29) is 11.7 Å². The number of aryl methyl sites for hydroxylation is 1. The molecule has 9 heteroatoms. The van der Waals surface area contributed by atoms with Gasteiger partial charge in [-0.15, -0.1) is 21.5 Å². The normalized spacial score (nSPS) is 15.6. The fourth-order valence-electron chi connectivity index (χ4n) is 3.79. The first-order valence-electron chi connectivity index (χ1n) is 9.92. The topological polar surface area (TPSA) is 96.7 Å². The van der Waals surface area contributed by atoms with Crippen molar-refractivity contribution in [1.29, 1.82) is 5.26 Å². The van der Waals surface area contributed by atoms with Gasteiger partial charge in [0.25, 0.3) is 0 Å². The summed E-state index contributed by atoms with van der Waals surface area (Å²) in [7, 11) is 1.87. The Morgan fingerprint density at radius 2 is 2.33 bits per heavy atom. The molecule has 0 aromatic carbocycles. The monoisotopic (exact) mass is 441 g/mol. The highest BCUT2D eigenvalue weighted by molar-refractivity contribution is 7.99. The summed E-state index contributed by atoms with van der Waals surface area (Å²) in [4.78, 5) is 13.8. The Labute approximate surface area is 183 Å². The third kappa shape index (κ3) is 3.89. The first-order chi connectivity index (χ1) is 14.5. The van der Waals surface area contributed by atoms with Gasteiger partial charge in [-0.1, -0.05) is 25.1 Å². The van der Waals surface area contributed by atoms with E-state index >= 15 is 0 Å². The molecule has 1 amide bonds. The van der Waals surface area contributed by atoms with E-state index in [0.717, 1.165) is 42.6 Å². The molecular weight excluding hydrogens is 418 g/mol. The Balaban J connectivity index is 1.43. The third-order valence-electron chi connectivity index (χ3n) is 5.58. The van der Waals surface area contributed by atoms with Crippen LogP contribution in [0.5, 0.6) is 0 Å². The van der Waals surface area contributed by atoms with Crippen LogP contribution in [0.3, 0.4) is 0 Å². The fourth-order valence-corrected chi connectivity index (χ4v) is 5.83. The molecule has 0 bridgehead atoms. The molecule has 0 fully saturated rings. The van der Waals surface area contributed by atoms with E-state index in [0.29, 0.717) is 27.5 Å². The maximum absolute atomic E-state index is 12.6. The van der Waals surface area contributed by atoms with Crippen LogP contribution in [0.1, 0.15) is 41.5 Å². The van der Waals surface area contributed by atoms with Gasteiger partial charge in [0.2, 0.25) is 5.91 Å². The zero-order valence-corrected chi connectivity index (χ0v) is 18.8. The summed E-state index contributed by atoms with van der Waals surface area (Å²) in [5.41, 5.74) is 2.65. The average molecular weight is 442 g/mol. The van der Waals surface area contributed by atoms with Crippen LogP contribution >= 0.6 is 23.1 Å². The Morgan fingerprint density at radius 3 is 3.03 bits per heavy atom. The number of furan rings is 1. The van der Waals surface area contributed by atoms with E-state index in [4.69, 9.17) is 4.42 Å². The number of nitrogens with one attached hydrogen (secondary N) is 1. The van der Waals surface area contributed by atoms with Gasteiger partial charge in [-0.05, 0) is 43.7 Å². The first kappa shape index (κ1) is 20.7. The lowest BCUT2D eigenvalue weighted by Crippen LogP contribution is -2.14. The smallest absolute Gasteiger partial charge is 0.235 e. The summed E-state index contributed by atoms with van der Waals surface area (Å²) in [6.07, 6.45) is 5.81. The van der Waals surface area contributed by atoms with Gasteiger partial charge >= 0.3 is 0 Å². The van der Waals surface area contributed by atoms with Crippen molar-refractivity contribution < 1.29 is 9.21 Å². The third-order valence-corrected chi connectivity index (χ3v) is 7.77. The molecule has 1 atom stereocenters. The first-order valence-corrected chi connectivity index (χ1v) is 11.7. The van der Waals surface area contributed by atoms with Crippen molar-refractivity contribution in [2.45, 2.75) is 44.7 Å². The van der Waals surface area contributed by atoms with Crippen LogP contribution in [-0.2, 0) is 24.7 Å². The number of hydrogen-bond acceptors (Lipinski definition) is 7. The van der Waals surface area contributed by atoms with Crippen molar-refractivity contribution in [2.75, 3.05) is 11.1 Å². The maximum Gasteiger partial charge on any atom is 0.235 e. The summed E-state index contributed by atoms with van der Waals surface area (Å²) in [5.74, 6) is 2.20. The molecule has 1 aliphatic carbocycles. The number of thioether (sulfide) groups is 1. The number of nitriles is 1. The minimum Gasteiger partial charge on any atom is -0.469 e. The zero-order valence-electron chi connectivity index (χ0n) is 17.2. The predicted molar refractivity (Wildman–Crippen MR) is 118 cm³/mol. The number of amides is 1. The van der Waals surface area contributed by atoms with Crippen LogP contribution in [0.2, 0.25) is 0 Å². The highest BCUT2D eigenvalue weighted by Crippen LogP contribution is 2.40. The summed E-state index contributed by atoms with van der Waals surface area (Å²) in [5, 5.41) is 22.3. The number of thiophene rings is 1. The molecule has 3 heterocycles. The number of aromatic nitrogens is 3. The Morgan fingerprint density at radius 1 is 1.50 bits per heavy atom. The van der Waals surface area contributed by atoms with Crippen molar-refractivity contribution in [3.63, 3.8) is 0 Å². The summed E-state index contributed by atoms with van der Waals surface area (Å²) < 4.78 is 7.19. The van der Waals surface area contributed by atoms with Gasteiger partial charge in [0.05, 0.1) is 23.1 Å². The number of rotatable bonds is 6. The number of carbonyl (C=O) groups excluding carboxylic acids is 1. The van der Waals surface area contributed by atoms with Gasteiger partial charge in [0.15, 0.2) is 11.0 Å². The molecule has 0 saturated heterocycles. The van der Waals surface area contributed by atoms with Crippen LogP contribution in [0.4, 0.5) is 5.00 Å². The quantitative estimate of drug-likeness (QED) is 0.563. The van der Waals surface area contributed by atoms with Crippen LogP contribution in [0.15, 0.2) is 21.9 Å². The number of anilines is 1. The Kier molecular flexibility index (Phi) is 5.97. The highest BCUT2D eigenvalue weighted by atomic mass is 32.2. The SMILES string of the molecule is CCC1CCc2c(sc(NC(=O)CSc3nnc(-c4ccoc4C)n3C)c2C#N)C1. The molecule has 4 rings (SSSR count). The second kappa shape index (κ2) is 8.66. The molecule has 0 spiro atoms. The molecule has 1 aliphatic rings. The molecule has 3 aromatic heterocycles. The van der Waals surface area contributed by atoms with Gasteiger partial charge in [0, 0.05) is 11.9 Å². The minimum atomic E-state index is -0.147. The van der Waals surface area contributed by atoms with E-state index in [9.17, 15) is 10.1 Å². The number of carbonyl (C=O) groups is 1.